The lowest BCUT2D eigenvalue weighted by Gasteiger charge is -2.34. The average molecular weight is 399 g/mol. The summed E-state index contributed by atoms with van der Waals surface area (Å²) in [4.78, 5) is 38.2. The van der Waals surface area contributed by atoms with Crippen molar-refractivity contribution in [2.45, 2.75) is 19.0 Å². The van der Waals surface area contributed by atoms with Crippen LogP contribution in [0, 0.1) is 5.82 Å². The van der Waals surface area contributed by atoms with E-state index in [1.54, 1.807) is 4.90 Å². The molecule has 1 aliphatic heterocycles. The molecule has 29 heavy (non-hydrogen) atoms. The molecule has 3 rings (SSSR count). The number of carbonyl (C=O) groups is 3. The number of amides is 2. The monoisotopic (exact) mass is 399 g/mol. The number of benzene rings is 2. The molecule has 0 saturated heterocycles. The first kappa shape index (κ1) is 20.5. The molecule has 1 aliphatic rings. The second-order valence-corrected chi connectivity index (χ2v) is 6.75. The lowest BCUT2D eigenvalue weighted by atomic mass is 9.94. The molecule has 7 nitrogen and oxygen atoms in total. The quantitative estimate of drug-likeness (QED) is 0.719. The molecule has 8 heteroatoms. The van der Waals surface area contributed by atoms with Crippen molar-refractivity contribution in [2.75, 3.05) is 25.5 Å². The van der Waals surface area contributed by atoms with Gasteiger partial charge < -0.3 is 15.4 Å². The number of hydrogen-bond donors (Lipinski definition) is 2. The van der Waals surface area contributed by atoms with Gasteiger partial charge in [-0.25, -0.2) is 4.39 Å². The Bertz CT molecular complexity index is 901. The topological polar surface area (TPSA) is 87.7 Å². The predicted molar refractivity (Wildman–Crippen MR) is 104 cm³/mol. The molecule has 152 valence electrons. The zero-order chi connectivity index (χ0) is 20.8. The van der Waals surface area contributed by atoms with Crippen LogP contribution in [0.15, 0.2) is 48.5 Å². The Labute approximate surface area is 167 Å². The number of ether oxygens (including phenoxy) is 1. The minimum Gasteiger partial charge on any atom is -0.468 e. The van der Waals surface area contributed by atoms with Crippen LogP contribution >= 0.6 is 0 Å². The van der Waals surface area contributed by atoms with E-state index in [1.807, 2.05) is 24.3 Å². The van der Waals surface area contributed by atoms with E-state index in [4.69, 9.17) is 4.74 Å². The lowest BCUT2D eigenvalue weighted by Crippen LogP contribution is -2.50. The molecular formula is C21H22FN3O4. The van der Waals surface area contributed by atoms with Gasteiger partial charge in [-0.15, -0.1) is 0 Å². The van der Waals surface area contributed by atoms with Crippen molar-refractivity contribution >= 4 is 23.5 Å². The van der Waals surface area contributed by atoms with Crippen LogP contribution in [0.25, 0.3) is 0 Å². The molecule has 2 N–H and O–H groups in total. The van der Waals surface area contributed by atoms with Gasteiger partial charge >= 0.3 is 5.97 Å². The predicted octanol–water partition coefficient (Wildman–Crippen LogP) is 1.48. The van der Waals surface area contributed by atoms with Crippen LogP contribution in [0.5, 0.6) is 0 Å². The fourth-order valence-corrected chi connectivity index (χ4v) is 3.27. The normalized spacial score (nSPS) is 15.9. The largest absolute Gasteiger partial charge is 0.468 e. The van der Waals surface area contributed by atoms with Gasteiger partial charge in [-0.3, -0.25) is 19.3 Å². The maximum absolute atomic E-state index is 12.9. The molecular weight excluding hydrogens is 377 g/mol. The molecule has 0 spiro atoms. The van der Waals surface area contributed by atoms with Gasteiger partial charge in [0.05, 0.1) is 20.2 Å². The van der Waals surface area contributed by atoms with Crippen molar-refractivity contribution in [1.29, 1.82) is 0 Å². The molecule has 2 amide bonds. The number of esters is 1. The molecule has 0 fully saturated rings. The van der Waals surface area contributed by atoms with Crippen molar-refractivity contribution in [1.82, 2.24) is 10.2 Å². The van der Waals surface area contributed by atoms with E-state index < -0.39 is 23.7 Å². The number of carbonyl (C=O) groups excluding carboxylic acids is 3. The molecule has 0 radical (unpaired) electrons. The minimum absolute atomic E-state index is 0.0437. The van der Waals surface area contributed by atoms with Gasteiger partial charge in [-0.05, 0) is 41.8 Å². The van der Waals surface area contributed by atoms with Crippen LogP contribution in [0.2, 0.25) is 0 Å². The first-order valence-electron chi connectivity index (χ1n) is 9.17. The van der Waals surface area contributed by atoms with Crippen molar-refractivity contribution in [3.05, 3.63) is 65.5 Å². The maximum atomic E-state index is 12.9. The van der Waals surface area contributed by atoms with E-state index in [2.05, 4.69) is 10.6 Å². The molecule has 0 unspecified atom stereocenters. The highest BCUT2D eigenvalue weighted by Gasteiger charge is 2.33. The third kappa shape index (κ3) is 5.39. The lowest BCUT2D eigenvalue weighted by molar-refractivity contribution is -0.148. The number of halogens is 1. The van der Waals surface area contributed by atoms with Crippen molar-refractivity contribution in [2.24, 2.45) is 0 Å². The minimum atomic E-state index is -0.561. The second kappa shape index (κ2) is 9.29. The first-order valence-corrected chi connectivity index (χ1v) is 9.17. The number of nitrogens with one attached hydrogen (secondary N) is 2. The molecule has 1 heterocycles. The van der Waals surface area contributed by atoms with Crippen molar-refractivity contribution in [3.63, 3.8) is 0 Å². The van der Waals surface area contributed by atoms with E-state index in [1.165, 1.54) is 31.4 Å². The first-order chi connectivity index (χ1) is 14.0. The van der Waals surface area contributed by atoms with Gasteiger partial charge in [0.1, 0.15) is 11.9 Å². The Hall–Kier alpha value is -3.26. The number of rotatable bonds is 6. The molecule has 2 aromatic rings. The number of methoxy groups -OCH3 is 1. The molecule has 0 saturated carbocycles. The Morgan fingerprint density at radius 1 is 1.07 bits per heavy atom. The molecule has 0 aliphatic carbocycles. The SMILES string of the molecule is COC(=O)[C@@H]1Cc2ccccc2CN1CC(=O)NCC(=O)Nc1ccc(F)cc1. The van der Waals surface area contributed by atoms with Crippen molar-refractivity contribution in [3.8, 4) is 0 Å². The summed E-state index contributed by atoms with van der Waals surface area (Å²) in [5.74, 6) is -1.62. The van der Waals surface area contributed by atoms with Gasteiger partial charge in [-0.1, -0.05) is 24.3 Å². The third-order valence-corrected chi connectivity index (χ3v) is 4.74. The third-order valence-electron chi connectivity index (χ3n) is 4.74. The summed E-state index contributed by atoms with van der Waals surface area (Å²) >= 11 is 0. The number of nitrogens with zero attached hydrogens (tertiary/aromatic N) is 1. The molecule has 1 atom stereocenters. The van der Waals surface area contributed by atoms with Gasteiger partial charge in [0.15, 0.2) is 0 Å². The van der Waals surface area contributed by atoms with Crippen LogP contribution in [-0.4, -0.2) is 48.9 Å². The Kier molecular flexibility index (Phi) is 6.56. The maximum Gasteiger partial charge on any atom is 0.323 e. The molecule has 0 aromatic heterocycles. The van der Waals surface area contributed by atoms with Crippen LogP contribution in [0.4, 0.5) is 10.1 Å². The summed E-state index contributed by atoms with van der Waals surface area (Å²) in [6.07, 6.45) is 0.460. The van der Waals surface area contributed by atoms with E-state index in [0.717, 1.165) is 11.1 Å². The van der Waals surface area contributed by atoms with Crippen LogP contribution < -0.4 is 10.6 Å². The van der Waals surface area contributed by atoms with E-state index >= 15 is 0 Å². The number of fused-ring (bicyclic) bond motifs is 1. The average Bonchev–Trinajstić information content (AvgIpc) is 2.73. The summed E-state index contributed by atoms with van der Waals surface area (Å²) in [5, 5.41) is 5.11. The summed E-state index contributed by atoms with van der Waals surface area (Å²) in [6.45, 7) is 0.159. The molecule has 2 aromatic carbocycles. The van der Waals surface area contributed by atoms with Crippen LogP contribution in [0.3, 0.4) is 0 Å². The van der Waals surface area contributed by atoms with Crippen molar-refractivity contribution < 1.29 is 23.5 Å². The van der Waals surface area contributed by atoms with Crippen LogP contribution in [0.1, 0.15) is 11.1 Å². The highest BCUT2D eigenvalue weighted by molar-refractivity contribution is 5.94. The smallest absolute Gasteiger partial charge is 0.323 e. The number of hydrogen-bond acceptors (Lipinski definition) is 5. The number of anilines is 1. The Morgan fingerprint density at radius 3 is 2.45 bits per heavy atom. The summed E-state index contributed by atoms with van der Waals surface area (Å²) < 4.78 is 17.8. The standard InChI is InChI=1S/C21H22FN3O4/c1-29-21(28)18-10-14-4-2-3-5-15(14)12-25(18)13-20(27)23-11-19(26)24-17-8-6-16(22)7-9-17/h2-9,18H,10-13H2,1H3,(H,23,27)(H,24,26)/t18-/m0/s1. The van der Waals surface area contributed by atoms with Gasteiger partial charge in [-0.2, -0.15) is 0 Å². The van der Waals surface area contributed by atoms with Gasteiger partial charge in [0.2, 0.25) is 11.8 Å². The summed E-state index contributed by atoms with van der Waals surface area (Å²) in [6, 6.07) is 12.5. The summed E-state index contributed by atoms with van der Waals surface area (Å²) in [5.41, 5.74) is 2.54. The zero-order valence-electron chi connectivity index (χ0n) is 16.0. The van der Waals surface area contributed by atoms with Crippen LogP contribution in [-0.2, 0) is 32.1 Å². The van der Waals surface area contributed by atoms with E-state index in [0.29, 0.717) is 18.7 Å². The highest BCUT2D eigenvalue weighted by Crippen LogP contribution is 2.23. The highest BCUT2D eigenvalue weighted by atomic mass is 19.1. The Morgan fingerprint density at radius 2 is 1.76 bits per heavy atom. The summed E-state index contributed by atoms with van der Waals surface area (Å²) in [7, 11) is 1.32. The molecule has 0 bridgehead atoms. The zero-order valence-corrected chi connectivity index (χ0v) is 16.0. The van der Waals surface area contributed by atoms with E-state index in [9.17, 15) is 18.8 Å². The van der Waals surface area contributed by atoms with Gasteiger partial charge in [0, 0.05) is 12.2 Å². The second-order valence-electron chi connectivity index (χ2n) is 6.75. The fourth-order valence-electron chi connectivity index (χ4n) is 3.27. The van der Waals surface area contributed by atoms with Gasteiger partial charge in [0.25, 0.3) is 0 Å². The Balaban J connectivity index is 1.56. The van der Waals surface area contributed by atoms with E-state index in [-0.39, 0.29) is 19.0 Å². The fraction of sp³-hybridized carbons (Fsp3) is 0.286.